The number of fused-ring (bicyclic) bond motifs is 1. The van der Waals surface area contributed by atoms with Crippen LogP contribution < -0.4 is 4.72 Å². The van der Waals surface area contributed by atoms with Gasteiger partial charge in [0.2, 0.25) is 0 Å². The highest BCUT2D eigenvalue weighted by molar-refractivity contribution is 7.92. The van der Waals surface area contributed by atoms with Gasteiger partial charge in [-0.1, -0.05) is 36.4 Å². The number of aromatic nitrogens is 1. The van der Waals surface area contributed by atoms with E-state index in [2.05, 4.69) is 9.71 Å². The molecule has 0 atom stereocenters. The van der Waals surface area contributed by atoms with Crippen LogP contribution in [0.1, 0.15) is 23.0 Å². The van der Waals surface area contributed by atoms with E-state index < -0.39 is 16.0 Å². The number of sulfonamides is 1. The van der Waals surface area contributed by atoms with Crippen molar-refractivity contribution in [2.45, 2.75) is 18.7 Å². The van der Waals surface area contributed by atoms with E-state index in [1.165, 1.54) is 6.07 Å². The van der Waals surface area contributed by atoms with Crippen LogP contribution in [0, 0.1) is 6.92 Å². The van der Waals surface area contributed by atoms with Crippen molar-refractivity contribution in [3.63, 3.8) is 0 Å². The molecule has 2 N–H and O–H groups in total. The lowest BCUT2D eigenvalue weighted by Gasteiger charge is -2.11. The smallest absolute Gasteiger partial charge is 0.356 e. The third-order valence-electron chi connectivity index (χ3n) is 3.81. The Labute approximate surface area is 145 Å². The van der Waals surface area contributed by atoms with Crippen molar-refractivity contribution in [3.05, 3.63) is 59.8 Å². The average molecular weight is 358 g/mol. The topological polar surface area (TPSA) is 88.3 Å². The molecule has 0 saturated carbocycles. The number of H-pyrrole nitrogens is 1. The summed E-state index contributed by atoms with van der Waals surface area (Å²) >= 11 is 0. The van der Waals surface area contributed by atoms with E-state index in [0.29, 0.717) is 16.5 Å². The highest BCUT2D eigenvalue weighted by Crippen LogP contribution is 2.30. The minimum Gasteiger partial charge on any atom is -0.461 e. The number of carbonyl (C=O) groups is 1. The number of carbonyl (C=O) groups excluding carboxylic acids is 1. The van der Waals surface area contributed by atoms with Gasteiger partial charge in [0.1, 0.15) is 0 Å². The highest BCUT2D eigenvalue weighted by Gasteiger charge is 2.24. The molecule has 130 valence electrons. The Morgan fingerprint density at radius 2 is 1.80 bits per heavy atom. The third-order valence-corrected chi connectivity index (χ3v) is 5.32. The number of rotatable bonds is 5. The number of hydrogen-bond acceptors (Lipinski definition) is 4. The molecule has 0 aliphatic rings. The van der Waals surface area contributed by atoms with Crippen LogP contribution in [0.15, 0.2) is 53.4 Å². The summed E-state index contributed by atoms with van der Waals surface area (Å²) in [6.45, 7) is 3.60. The minimum absolute atomic E-state index is 0.0835. The second-order valence-corrected chi connectivity index (χ2v) is 7.16. The Bertz CT molecular complexity index is 1040. The highest BCUT2D eigenvalue weighted by atomic mass is 32.2. The summed E-state index contributed by atoms with van der Waals surface area (Å²) in [5.74, 6) is -0.610. The van der Waals surface area contributed by atoms with Gasteiger partial charge in [-0.3, -0.25) is 4.72 Å². The summed E-state index contributed by atoms with van der Waals surface area (Å²) in [4.78, 5) is 15.3. The second-order valence-electron chi connectivity index (χ2n) is 5.51. The third kappa shape index (κ3) is 3.23. The summed E-state index contributed by atoms with van der Waals surface area (Å²) in [6.07, 6.45) is 0. The van der Waals surface area contributed by atoms with Crippen molar-refractivity contribution in [2.75, 3.05) is 11.3 Å². The van der Waals surface area contributed by atoms with E-state index >= 15 is 0 Å². The summed E-state index contributed by atoms with van der Waals surface area (Å²) < 4.78 is 33.2. The quantitative estimate of drug-likeness (QED) is 0.684. The van der Waals surface area contributed by atoms with Crippen LogP contribution in [-0.4, -0.2) is 26.0 Å². The van der Waals surface area contributed by atoms with Gasteiger partial charge in [0.25, 0.3) is 10.0 Å². The molecule has 0 aliphatic heterocycles. The molecule has 0 spiro atoms. The molecule has 0 unspecified atom stereocenters. The van der Waals surface area contributed by atoms with Gasteiger partial charge in [-0.15, -0.1) is 0 Å². The fourth-order valence-corrected chi connectivity index (χ4v) is 3.99. The molecule has 0 amide bonds. The van der Waals surface area contributed by atoms with Gasteiger partial charge in [0, 0.05) is 10.9 Å². The van der Waals surface area contributed by atoms with Crippen molar-refractivity contribution in [1.29, 1.82) is 0 Å². The molecule has 7 heteroatoms. The Morgan fingerprint density at radius 3 is 2.52 bits per heavy atom. The largest absolute Gasteiger partial charge is 0.461 e. The molecule has 25 heavy (non-hydrogen) atoms. The van der Waals surface area contributed by atoms with Crippen molar-refractivity contribution >= 4 is 32.6 Å². The number of esters is 1. The first-order valence-corrected chi connectivity index (χ1v) is 9.28. The fourth-order valence-electron chi connectivity index (χ4n) is 2.65. The molecule has 3 rings (SSSR count). The number of nitrogens with one attached hydrogen (secondary N) is 2. The molecule has 2 aromatic carbocycles. The maximum absolute atomic E-state index is 12.8. The lowest BCUT2D eigenvalue weighted by atomic mass is 10.2. The molecule has 0 bridgehead atoms. The van der Waals surface area contributed by atoms with Gasteiger partial charge in [-0.2, -0.15) is 0 Å². The van der Waals surface area contributed by atoms with Crippen molar-refractivity contribution in [3.8, 4) is 0 Å². The average Bonchev–Trinajstić information content (AvgIpc) is 2.94. The van der Waals surface area contributed by atoms with Crippen LogP contribution in [0.2, 0.25) is 0 Å². The SMILES string of the molecule is CCOC(=O)c1[nH]c2ccccc2c1NS(=O)(=O)c1ccccc1C. The summed E-state index contributed by atoms with van der Waals surface area (Å²) in [6, 6.07) is 13.7. The van der Waals surface area contributed by atoms with E-state index in [1.54, 1.807) is 56.3 Å². The Balaban J connectivity index is 2.13. The number of aryl methyl sites for hydroxylation is 1. The summed E-state index contributed by atoms with van der Waals surface area (Å²) in [5, 5.41) is 0.600. The molecule has 0 fully saturated rings. The molecule has 1 aromatic heterocycles. The molecule has 0 saturated heterocycles. The summed E-state index contributed by atoms with van der Waals surface area (Å²) in [5.41, 5.74) is 1.54. The maximum atomic E-state index is 12.8. The molecule has 6 nitrogen and oxygen atoms in total. The molecular formula is C18H18N2O4S. The van der Waals surface area contributed by atoms with Crippen LogP contribution in [0.3, 0.4) is 0 Å². The van der Waals surface area contributed by atoms with Gasteiger partial charge in [-0.05, 0) is 31.5 Å². The Kier molecular flexibility index (Phi) is 4.50. The zero-order valence-corrected chi connectivity index (χ0v) is 14.7. The van der Waals surface area contributed by atoms with Gasteiger partial charge < -0.3 is 9.72 Å². The number of para-hydroxylation sites is 1. The molecule has 0 radical (unpaired) electrons. The number of aromatic amines is 1. The first-order valence-electron chi connectivity index (χ1n) is 7.80. The van der Waals surface area contributed by atoms with E-state index in [4.69, 9.17) is 4.74 Å². The van der Waals surface area contributed by atoms with Gasteiger partial charge in [0.05, 0.1) is 17.2 Å². The van der Waals surface area contributed by atoms with Crippen LogP contribution in [-0.2, 0) is 14.8 Å². The van der Waals surface area contributed by atoms with Crippen LogP contribution in [0.5, 0.6) is 0 Å². The second kappa shape index (κ2) is 6.60. The van der Waals surface area contributed by atoms with Crippen molar-refractivity contribution in [1.82, 2.24) is 4.98 Å². The molecule has 3 aromatic rings. The van der Waals surface area contributed by atoms with E-state index in [-0.39, 0.29) is 22.9 Å². The van der Waals surface area contributed by atoms with Crippen LogP contribution in [0.25, 0.3) is 10.9 Å². The zero-order chi connectivity index (χ0) is 18.0. The predicted molar refractivity (Wildman–Crippen MR) is 96.2 cm³/mol. The van der Waals surface area contributed by atoms with Gasteiger partial charge >= 0.3 is 5.97 Å². The summed E-state index contributed by atoms with van der Waals surface area (Å²) in [7, 11) is -3.85. The van der Waals surface area contributed by atoms with E-state index in [9.17, 15) is 13.2 Å². The molecule has 1 heterocycles. The van der Waals surface area contributed by atoms with Crippen LogP contribution in [0.4, 0.5) is 5.69 Å². The zero-order valence-electron chi connectivity index (χ0n) is 13.9. The standard InChI is InChI=1S/C18H18N2O4S/c1-3-24-18(21)17-16(13-9-5-6-10-14(13)19-17)20-25(22,23)15-11-7-4-8-12(15)2/h4-11,19-20H,3H2,1-2H3. The fraction of sp³-hybridized carbons (Fsp3) is 0.167. The lowest BCUT2D eigenvalue weighted by molar-refractivity contribution is 0.0522. The molecule has 0 aliphatic carbocycles. The van der Waals surface area contributed by atoms with Crippen molar-refractivity contribution in [2.24, 2.45) is 0 Å². The maximum Gasteiger partial charge on any atom is 0.356 e. The lowest BCUT2D eigenvalue weighted by Crippen LogP contribution is -2.17. The normalized spacial score (nSPS) is 11.4. The van der Waals surface area contributed by atoms with E-state index in [0.717, 1.165) is 0 Å². The van der Waals surface area contributed by atoms with Crippen LogP contribution >= 0.6 is 0 Å². The first kappa shape index (κ1) is 17.0. The number of ether oxygens (including phenoxy) is 1. The van der Waals surface area contributed by atoms with Gasteiger partial charge in [-0.25, -0.2) is 13.2 Å². The predicted octanol–water partition coefficient (Wildman–Crippen LogP) is 3.45. The van der Waals surface area contributed by atoms with Gasteiger partial charge in [0.15, 0.2) is 5.69 Å². The Hall–Kier alpha value is -2.80. The Morgan fingerprint density at radius 1 is 1.12 bits per heavy atom. The monoisotopic (exact) mass is 358 g/mol. The van der Waals surface area contributed by atoms with Crippen molar-refractivity contribution < 1.29 is 17.9 Å². The molecular weight excluding hydrogens is 340 g/mol. The number of hydrogen-bond donors (Lipinski definition) is 2. The minimum atomic E-state index is -3.85. The van der Waals surface area contributed by atoms with E-state index in [1.807, 2.05) is 0 Å². The first-order chi connectivity index (χ1) is 11.9. The number of anilines is 1. The number of benzene rings is 2.